The first-order valence-electron chi connectivity index (χ1n) is 5.63. The van der Waals surface area contributed by atoms with Crippen LogP contribution in [0.15, 0.2) is 36.7 Å². The van der Waals surface area contributed by atoms with Gasteiger partial charge in [-0.3, -0.25) is 0 Å². The standard InChI is InChI=1S/C14H15NO2/c1-3-11-6-4-5-10(2)13(11)15-8-7-12(9-15)14(16)17/h4-9H,3H2,1-2H3,(H,16,17). The van der Waals surface area contributed by atoms with E-state index in [1.54, 1.807) is 18.5 Å². The summed E-state index contributed by atoms with van der Waals surface area (Å²) in [6.07, 6.45) is 4.38. The van der Waals surface area contributed by atoms with E-state index in [0.29, 0.717) is 5.56 Å². The molecule has 0 saturated carbocycles. The molecular weight excluding hydrogens is 214 g/mol. The van der Waals surface area contributed by atoms with E-state index in [0.717, 1.165) is 17.7 Å². The number of aryl methyl sites for hydroxylation is 2. The molecule has 3 nitrogen and oxygen atoms in total. The van der Waals surface area contributed by atoms with Gasteiger partial charge in [-0.05, 0) is 30.5 Å². The van der Waals surface area contributed by atoms with Crippen molar-refractivity contribution in [3.63, 3.8) is 0 Å². The molecule has 0 atom stereocenters. The zero-order valence-corrected chi connectivity index (χ0v) is 9.97. The molecule has 1 heterocycles. The molecule has 0 bridgehead atoms. The number of carboxylic acids is 1. The molecule has 1 aromatic carbocycles. The molecule has 0 fully saturated rings. The van der Waals surface area contributed by atoms with E-state index in [2.05, 4.69) is 13.0 Å². The second-order valence-corrected chi connectivity index (χ2v) is 4.05. The smallest absolute Gasteiger partial charge is 0.337 e. The minimum atomic E-state index is -0.893. The first kappa shape index (κ1) is 11.5. The third-order valence-corrected chi connectivity index (χ3v) is 2.90. The maximum atomic E-state index is 10.9. The zero-order valence-electron chi connectivity index (χ0n) is 9.97. The van der Waals surface area contributed by atoms with Crippen molar-refractivity contribution < 1.29 is 9.90 Å². The largest absolute Gasteiger partial charge is 0.478 e. The average Bonchev–Trinajstić information content (AvgIpc) is 2.77. The van der Waals surface area contributed by atoms with E-state index in [1.807, 2.05) is 23.6 Å². The summed E-state index contributed by atoms with van der Waals surface area (Å²) in [5, 5.41) is 8.93. The molecule has 1 N–H and O–H groups in total. The van der Waals surface area contributed by atoms with Crippen molar-refractivity contribution in [3.05, 3.63) is 53.3 Å². The van der Waals surface area contributed by atoms with E-state index in [9.17, 15) is 4.79 Å². The van der Waals surface area contributed by atoms with E-state index < -0.39 is 5.97 Å². The van der Waals surface area contributed by atoms with E-state index in [1.165, 1.54) is 5.56 Å². The molecule has 1 aromatic heterocycles. The Kier molecular flexibility index (Phi) is 3.00. The molecule has 0 radical (unpaired) electrons. The Labute approximate surface area is 100 Å². The van der Waals surface area contributed by atoms with Crippen LogP contribution in [-0.2, 0) is 6.42 Å². The van der Waals surface area contributed by atoms with Crippen LogP contribution >= 0.6 is 0 Å². The Morgan fingerprint density at radius 3 is 2.71 bits per heavy atom. The van der Waals surface area contributed by atoms with Gasteiger partial charge in [0.2, 0.25) is 0 Å². The number of nitrogens with zero attached hydrogens (tertiary/aromatic N) is 1. The lowest BCUT2D eigenvalue weighted by Gasteiger charge is -2.12. The quantitative estimate of drug-likeness (QED) is 0.879. The molecule has 0 aliphatic carbocycles. The van der Waals surface area contributed by atoms with Crippen molar-refractivity contribution in [3.8, 4) is 5.69 Å². The summed E-state index contributed by atoms with van der Waals surface area (Å²) in [5.41, 5.74) is 3.77. The minimum absolute atomic E-state index is 0.315. The summed E-state index contributed by atoms with van der Waals surface area (Å²) in [4.78, 5) is 10.9. The third kappa shape index (κ3) is 2.09. The van der Waals surface area contributed by atoms with Crippen molar-refractivity contribution in [1.29, 1.82) is 0 Å². The molecular formula is C14H15NO2. The van der Waals surface area contributed by atoms with E-state index in [4.69, 9.17) is 5.11 Å². The maximum Gasteiger partial charge on any atom is 0.337 e. The second kappa shape index (κ2) is 4.45. The first-order valence-corrected chi connectivity index (χ1v) is 5.63. The van der Waals surface area contributed by atoms with Gasteiger partial charge in [0, 0.05) is 12.4 Å². The van der Waals surface area contributed by atoms with Gasteiger partial charge in [0.05, 0.1) is 11.3 Å². The van der Waals surface area contributed by atoms with Crippen molar-refractivity contribution in [2.45, 2.75) is 20.3 Å². The monoisotopic (exact) mass is 229 g/mol. The Bertz CT molecular complexity index is 555. The lowest BCUT2D eigenvalue weighted by atomic mass is 10.1. The van der Waals surface area contributed by atoms with Crippen LogP contribution in [0.4, 0.5) is 0 Å². The van der Waals surface area contributed by atoms with Crippen LogP contribution in [0.1, 0.15) is 28.4 Å². The number of aromatic nitrogens is 1. The van der Waals surface area contributed by atoms with Crippen LogP contribution in [0.25, 0.3) is 5.69 Å². The maximum absolute atomic E-state index is 10.9. The fourth-order valence-corrected chi connectivity index (χ4v) is 2.04. The third-order valence-electron chi connectivity index (χ3n) is 2.90. The van der Waals surface area contributed by atoms with Gasteiger partial charge < -0.3 is 9.67 Å². The Hall–Kier alpha value is -2.03. The van der Waals surface area contributed by atoms with Crippen molar-refractivity contribution in [2.75, 3.05) is 0 Å². The lowest BCUT2D eigenvalue weighted by Crippen LogP contribution is -2.00. The number of hydrogen-bond acceptors (Lipinski definition) is 1. The predicted molar refractivity (Wildman–Crippen MR) is 66.8 cm³/mol. The average molecular weight is 229 g/mol. The van der Waals surface area contributed by atoms with Gasteiger partial charge in [-0.2, -0.15) is 0 Å². The van der Waals surface area contributed by atoms with Gasteiger partial charge in [-0.1, -0.05) is 25.1 Å². The summed E-state index contributed by atoms with van der Waals surface area (Å²) >= 11 is 0. The number of benzene rings is 1. The summed E-state index contributed by atoms with van der Waals surface area (Å²) in [7, 11) is 0. The first-order chi connectivity index (χ1) is 8.13. The van der Waals surface area contributed by atoms with Crippen LogP contribution in [0.3, 0.4) is 0 Å². The normalized spacial score (nSPS) is 10.5. The minimum Gasteiger partial charge on any atom is -0.478 e. The van der Waals surface area contributed by atoms with Gasteiger partial charge >= 0.3 is 5.97 Å². The molecule has 88 valence electrons. The zero-order chi connectivity index (χ0) is 12.4. The van der Waals surface area contributed by atoms with Gasteiger partial charge in [0.1, 0.15) is 0 Å². The van der Waals surface area contributed by atoms with Crippen LogP contribution < -0.4 is 0 Å². The van der Waals surface area contributed by atoms with E-state index in [-0.39, 0.29) is 0 Å². The summed E-state index contributed by atoms with van der Waals surface area (Å²) in [6.45, 7) is 4.13. The highest BCUT2D eigenvalue weighted by atomic mass is 16.4. The number of aromatic carboxylic acids is 1. The van der Waals surface area contributed by atoms with Crippen LogP contribution in [-0.4, -0.2) is 15.6 Å². The summed E-state index contributed by atoms with van der Waals surface area (Å²) < 4.78 is 1.89. The molecule has 0 unspecified atom stereocenters. The topological polar surface area (TPSA) is 42.2 Å². The molecule has 0 aliphatic rings. The molecule has 2 aromatic rings. The van der Waals surface area contributed by atoms with Crippen molar-refractivity contribution in [1.82, 2.24) is 4.57 Å². The number of hydrogen-bond donors (Lipinski definition) is 1. The lowest BCUT2D eigenvalue weighted by molar-refractivity contribution is 0.0697. The van der Waals surface area contributed by atoms with Gasteiger partial charge in [-0.25, -0.2) is 4.79 Å². The van der Waals surface area contributed by atoms with E-state index >= 15 is 0 Å². The SMILES string of the molecule is CCc1cccc(C)c1-n1ccc(C(=O)O)c1. The van der Waals surface area contributed by atoms with Crippen molar-refractivity contribution >= 4 is 5.97 Å². The Morgan fingerprint density at radius 2 is 2.12 bits per heavy atom. The number of carboxylic acid groups (broad SMARTS) is 1. The summed E-state index contributed by atoms with van der Waals surface area (Å²) in [6, 6.07) is 7.76. The molecule has 3 heteroatoms. The number of para-hydroxylation sites is 1. The molecule has 2 rings (SSSR count). The number of rotatable bonds is 3. The Balaban J connectivity index is 2.55. The highest BCUT2D eigenvalue weighted by Crippen LogP contribution is 2.21. The van der Waals surface area contributed by atoms with Gasteiger partial charge in [0.15, 0.2) is 0 Å². The summed E-state index contributed by atoms with van der Waals surface area (Å²) in [5.74, 6) is -0.893. The molecule has 0 aliphatic heterocycles. The van der Waals surface area contributed by atoms with Gasteiger partial charge in [0.25, 0.3) is 0 Å². The van der Waals surface area contributed by atoms with Crippen LogP contribution in [0.2, 0.25) is 0 Å². The predicted octanol–water partition coefficient (Wildman–Crippen LogP) is 3.05. The van der Waals surface area contributed by atoms with Gasteiger partial charge in [-0.15, -0.1) is 0 Å². The fraction of sp³-hybridized carbons (Fsp3) is 0.214. The van der Waals surface area contributed by atoms with Crippen molar-refractivity contribution in [2.24, 2.45) is 0 Å². The molecule has 17 heavy (non-hydrogen) atoms. The van der Waals surface area contributed by atoms with Crippen LogP contribution in [0.5, 0.6) is 0 Å². The second-order valence-electron chi connectivity index (χ2n) is 4.05. The Morgan fingerprint density at radius 1 is 1.35 bits per heavy atom. The molecule has 0 spiro atoms. The molecule has 0 saturated heterocycles. The number of carbonyl (C=O) groups is 1. The fourth-order valence-electron chi connectivity index (χ4n) is 2.04. The van der Waals surface area contributed by atoms with Crippen LogP contribution in [0, 0.1) is 6.92 Å². The highest BCUT2D eigenvalue weighted by molar-refractivity contribution is 5.87. The molecule has 0 amide bonds. The highest BCUT2D eigenvalue weighted by Gasteiger charge is 2.09.